The molecule has 2 N–H and O–H groups in total. The molecular formula is C19H25N3O3. The number of urea groups is 1. The lowest BCUT2D eigenvalue weighted by Gasteiger charge is -2.16. The largest absolute Gasteiger partial charge is 0.466 e. The van der Waals surface area contributed by atoms with E-state index in [2.05, 4.69) is 10.6 Å². The van der Waals surface area contributed by atoms with Crippen molar-refractivity contribution >= 4 is 17.6 Å². The summed E-state index contributed by atoms with van der Waals surface area (Å²) in [4.78, 5) is 25.2. The summed E-state index contributed by atoms with van der Waals surface area (Å²) >= 11 is 0. The van der Waals surface area contributed by atoms with Crippen LogP contribution in [0.4, 0.5) is 10.5 Å². The molecule has 1 heterocycles. The summed E-state index contributed by atoms with van der Waals surface area (Å²) < 4.78 is 5.50. The summed E-state index contributed by atoms with van der Waals surface area (Å²) in [5.41, 5.74) is 2.59. The van der Waals surface area contributed by atoms with Crippen molar-refractivity contribution in [3.63, 3.8) is 0 Å². The monoisotopic (exact) mass is 343 g/mol. The van der Waals surface area contributed by atoms with Gasteiger partial charge in [-0.1, -0.05) is 12.1 Å². The standard InChI is InChI=1S/C19H25N3O3/c1-12-9-18(14(3)25-12)13(2)20-19(24)21-17-8-6-7-16(10-17)11-22(5)15(4)23/h6-10,13H,11H2,1-5H3,(H2,20,21,24). The Balaban J connectivity index is 1.98. The molecule has 0 bridgehead atoms. The number of carbonyl (C=O) groups excluding carboxylic acids is 2. The lowest BCUT2D eigenvalue weighted by Crippen LogP contribution is -2.31. The zero-order valence-electron chi connectivity index (χ0n) is 15.3. The van der Waals surface area contributed by atoms with Crippen molar-refractivity contribution in [1.82, 2.24) is 10.2 Å². The van der Waals surface area contributed by atoms with Gasteiger partial charge in [0.05, 0.1) is 6.04 Å². The molecule has 0 saturated carbocycles. The van der Waals surface area contributed by atoms with E-state index in [-0.39, 0.29) is 18.0 Å². The minimum atomic E-state index is -0.289. The van der Waals surface area contributed by atoms with Gasteiger partial charge in [-0.3, -0.25) is 4.79 Å². The maximum atomic E-state index is 12.2. The third-order valence-corrected chi connectivity index (χ3v) is 4.04. The van der Waals surface area contributed by atoms with E-state index >= 15 is 0 Å². The quantitative estimate of drug-likeness (QED) is 0.868. The summed E-state index contributed by atoms with van der Waals surface area (Å²) in [7, 11) is 1.74. The fourth-order valence-electron chi connectivity index (χ4n) is 2.65. The summed E-state index contributed by atoms with van der Waals surface area (Å²) in [6.07, 6.45) is 0. The normalized spacial score (nSPS) is 11.7. The smallest absolute Gasteiger partial charge is 0.319 e. The average Bonchev–Trinajstić information content (AvgIpc) is 2.86. The topological polar surface area (TPSA) is 74.6 Å². The fraction of sp³-hybridized carbons (Fsp3) is 0.368. The van der Waals surface area contributed by atoms with Crippen molar-refractivity contribution in [2.75, 3.05) is 12.4 Å². The Morgan fingerprint density at radius 2 is 1.96 bits per heavy atom. The fourth-order valence-corrected chi connectivity index (χ4v) is 2.65. The van der Waals surface area contributed by atoms with Crippen molar-refractivity contribution in [3.05, 3.63) is 53.0 Å². The van der Waals surface area contributed by atoms with Gasteiger partial charge < -0.3 is 20.0 Å². The molecule has 1 aromatic carbocycles. The van der Waals surface area contributed by atoms with E-state index in [0.29, 0.717) is 12.2 Å². The summed E-state index contributed by atoms with van der Waals surface area (Å²) in [6.45, 7) is 7.70. The molecule has 0 aliphatic rings. The number of nitrogens with one attached hydrogen (secondary N) is 2. The molecular weight excluding hydrogens is 318 g/mol. The first-order valence-electron chi connectivity index (χ1n) is 8.21. The van der Waals surface area contributed by atoms with Crippen LogP contribution in [0.3, 0.4) is 0 Å². The van der Waals surface area contributed by atoms with Gasteiger partial charge in [-0.2, -0.15) is 0 Å². The van der Waals surface area contributed by atoms with Crippen LogP contribution in [0.15, 0.2) is 34.7 Å². The minimum Gasteiger partial charge on any atom is -0.466 e. The molecule has 1 unspecified atom stereocenters. The second-order valence-electron chi connectivity index (χ2n) is 6.26. The molecule has 6 nitrogen and oxygen atoms in total. The van der Waals surface area contributed by atoms with Gasteiger partial charge in [0.25, 0.3) is 0 Å². The van der Waals surface area contributed by atoms with Crippen LogP contribution in [-0.4, -0.2) is 23.9 Å². The van der Waals surface area contributed by atoms with Gasteiger partial charge in [-0.15, -0.1) is 0 Å². The molecule has 3 amide bonds. The number of anilines is 1. The van der Waals surface area contributed by atoms with E-state index in [1.807, 2.05) is 51.1 Å². The van der Waals surface area contributed by atoms with E-state index in [1.54, 1.807) is 11.9 Å². The Morgan fingerprint density at radius 3 is 2.56 bits per heavy atom. The van der Waals surface area contributed by atoms with Gasteiger partial charge in [-0.05, 0) is 44.5 Å². The summed E-state index contributed by atoms with van der Waals surface area (Å²) in [5.74, 6) is 1.62. The molecule has 134 valence electrons. The Kier molecular flexibility index (Phi) is 5.85. The van der Waals surface area contributed by atoms with Gasteiger partial charge in [0.2, 0.25) is 5.91 Å². The molecule has 0 radical (unpaired) electrons. The second kappa shape index (κ2) is 7.88. The van der Waals surface area contributed by atoms with Crippen LogP contribution in [0, 0.1) is 13.8 Å². The highest BCUT2D eigenvalue weighted by Crippen LogP contribution is 2.21. The van der Waals surface area contributed by atoms with Gasteiger partial charge in [0, 0.05) is 31.8 Å². The van der Waals surface area contributed by atoms with E-state index in [4.69, 9.17) is 4.42 Å². The number of amides is 3. The third-order valence-electron chi connectivity index (χ3n) is 4.04. The molecule has 0 spiro atoms. The molecule has 1 atom stereocenters. The molecule has 2 rings (SSSR count). The number of rotatable bonds is 5. The van der Waals surface area contributed by atoms with Gasteiger partial charge >= 0.3 is 6.03 Å². The minimum absolute atomic E-state index is 0.00398. The van der Waals surface area contributed by atoms with Crippen LogP contribution in [0.2, 0.25) is 0 Å². The Labute approximate surface area is 148 Å². The van der Waals surface area contributed by atoms with E-state index < -0.39 is 0 Å². The number of benzene rings is 1. The number of aryl methyl sites for hydroxylation is 2. The van der Waals surface area contributed by atoms with Crippen molar-refractivity contribution < 1.29 is 14.0 Å². The first-order valence-corrected chi connectivity index (χ1v) is 8.21. The van der Waals surface area contributed by atoms with Crippen molar-refractivity contribution in [2.45, 2.75) is 40.3 Å². The van der Waals surface area contributed by atoms with Gasteiger partial charge in [-0.25, -0.2) is 4.79 Å². The number of furan rings is 1. The molecule has 0 saturated heterocycles. The average molecular weight is 343 g/mol. The highest BCUT2D eigenvalue weighted by molar-refractivity contribution is 5.89. The van der Waals surface area contributed by atoms with Crippen LogP contribution in [0.1, 0.15) is 42.5 Å². The number of nitrogens with zero attached hydrogens (tertiary/aromatic N) is 1. The Hall–Kier alpha value is -2.76. The van der Waals surface area contributed by atoms with E-state index in [9.17, 15) is 9.59 Å². The molecule has 25 heavy (non-hydrogen) atoms. The van der Waals surface area contributed by atoms with Crippen molar-refractivity contribution in [2.24, 2.45) is 0 Å². The molecule has 1 aromatic heterocycles. The van der Waals surface area contributed by atoms with Crippen LogP contribution < -0.4 is 10.6 Å². The lowest BCUT2D eigenvalue weighted by atomic mass is 10.1. The zero-order valence-corrected chi connectivity index (χ0v) is 15.3. The maximum absolute atomic E-state index is 12.2. The number of carbonyl (C=O) groups is 2. The Bertz CT molecular complexity index is 767. The number of hydrogen-bond donors (Lipinski definition) is 2. The van der Waals surface area contributed by atoms with Crippen molar-refractivity contribution in [3.8, 4) is 0 Å². The SMILES string of the molecule is CC(=O)N(C)Cc1cccc(NC(=O)NC(C)c2cc(C)oc2C)c1. The van der Waals surface area contributed by atoms with Gasteiger partial charge in [0.15, 0.2) is 0 Å². The second-order valence-corrected chi connectivity index (χ2v) is 6.26. The van der Waals surface area contributed by atoms with Crippen LogP contribution in [-0.2, 0) is 11.3 Å². The van der Waals surface area contributed by atoms with E-state index in [1.165, 1.54) is 6.92 Å². The van der Waals surface area contributed by atoms with Crippen LogP contribution >= 0.6 is 0 Å². The first kappa shape index (κ1) is 18.6. The highest BCUT2D eigenvalue weighted by Gasteiger charge is 2.15. The maximum Gasteiger partial charge on any atom is 0.319 e. The zero-order chi connectivity index (χ0) is 18.6. The van der Waals surface area contributed by atoms with Gasteiger partial charge in [0.1, 0.15) is 11.5 Å². The third kappa shape index (κ3) is 5.11. The first-order chi connectivity index (χ1) is 11.8. The lowest BCUT2D eigenvalue weighted by molar-refractivity contribution is -0.128. The molecule has 0 fully saturated rings. The molecule has 2 aromatic rings. The predicted octanol–water partition coefficient (Wildman–Crippen LogP) is 3.76. The summed E-state index contributed by atoms with van der Waals surface area (Å²) in [5, 5.41) is 5.73. The molecule has 0 aliphatic heterocycles. The molecule has 6 heteroatoms. The number of hydrogen-bond acceptors (Lipinski definition) is 3. The van der Waals surface area contributed by atoms with Crippen LogP contribution in [0.25, 0.3) is 0 Å². The van der Waals surface area contributed by atoms with Crippen molar-refractivity contribution in [1.29, 1.82) is 0 Å². The van der Waals surface area contributed by atoms with E-state index in [0.717, 1.165) is 22.6 Å². The molecule has 0 aliphatic carbocycles. The summed E-state index contributed by atoms with van der Waals surface area (Å²) in [6, 6.07) is 8.92. The predicted molar refractivity (Wildman–Crippen MR) is 97.3 cm³/mol. The van der Waals surface area contributed by atoms with Crippen LogP contribution in [0.5, 0.6) is 0 Å². The highest BCUT2D eigenvalue weighted by atomic mass is 16.3. The Morgan fingerprint density at radius 1 is 1.24 bits per heavy atom.